The van der Waals surface area contributed by atoms with E-state index < -0.39 is 30.1 Å². The lowest BCUT2D eigenvalue weighted by Crippen LogP contribution is -2.54. The lowest BCUT2D eigenvalue weighted by Gasteiger charge is -2.21. The van der Waals surface area contributed by atoms with Gasteiger partial charge < -0.3 is 10.1 Å². The van der Waals surface area contributed by atoms with Crippen LogP contribution in [0.25, 0.3) is 0 Å². The lowest BCUT2D eigenvalue weighted by molar-refractivity contribution is -0.274. The van der Waals surface area contributed by atoms with Gasteiger partial charge in [0.15, 0.2) is 0 Å². The van der Waals surface area contributed by atoms with Crippen molar-refractivity contribution in [3.63, 3.8) is 0 Å². The molecule has 2 aromatic rings. The second-order valence-electron chi connectivity index (χ2n) is 5.56. The van der Waals surface area contributed by atoms with Gasteiger partial charge in [-0.1, -0.05) is 12.1 Å². The Kier molecular flexibility index (Phi) is 4.72. The number of barbiturate groups is 1. The Bertz CT molecular complexity index is 877. The van der Waals surface area contributed by atoms with Crippen LogP contribution in [-0.4, -0.2) is 24.2 Å². The summed E-state index contributed by atoms with van der Waals surface area (Å²) < 4.78 is 40.3. The van der Waals surface area contributed by atoms with E-state index in [4.69, 9.17) is 0 Å². The van der Waals surface area contributed by atoms with E-state index in [9.17, 15) is 27.6 Å². The third kappa shape index (κ3) is 4.54. The standard InChI is InChI=1S/C17H12F3N3O4/c18-17(19,20)27-12-6-4-10(5-7-12)21-11-3-1-2-9(8-11)13-14(24)22-16(26)23-15(13)25/h1-8,13,21H,(H2,22,23,24,25,26). The van der Waals surface area contributed by atoms with Gasteiger partial charge in [0, 0.05) is 11.4 Å². The van der Waals surface area contributed by atoms with E-state index in [0.717, 1.165) is 12.1 Å². The van der Waals surface area contributed by atoms with Crippen LogP contribution < -0.4 is 20.7 Å². The van der Waals surface area contributed by atoms with Crippen LogP contribution in [0.5, 0.6) is 5.75 Å². The van der Waals surface area contributed by atoms with Crippen LogP contribution in [0.15, 0.2) is 48.5 Å². The van der Waals surface area contributed by atoms with Gasteiger partial charge in [-0.15, -0.1) is 13.2 Å². The summed E-state index contributed by atoms with van der Waals surface area (Å²) in [5.74, 6) is -3.03. The highest BCUT2D eigenvalue weighted by molar-refractivity contribution is 6.19. The second kappa shape index (κ2) is 6.98. The SMILES string of the molecule is O=C1NC(=O)C(c2cccc(Nc3ccc(OC(F)(F)F)cc3)c2)C(=O)N1. The number of nitrogens with one attached hydrogen (secondary N) is 3. The van der Waals surface area contributed by atoms with Gasteiger partial charge >= 0.3 is 12.4 Å². The monoisotopic (exact) mass is 379 g/mol. The highest BCUT2D eigenvalue weighted by Crippen LogP contribution is 2.27. The number of alkyl halides is 3. The van der Waals surface area contributed by atoms with E-state index in [1.54, 1.807) is 18.2 Å². The minimum atomic E-state index is -4.77. The van der Waals surface area contributed by atoms with Crippen molar-refractivity contribution in [2.24, 2.45) is 0 Å². The molecule has 0 unspecified atom stereocenters. The fourth-order valence-corrected chi connectivity index (χ4v) is 2.52. The molecule has 4 amide bonds. The zero-order valence-electron chi connectivity index (χ0n) is 13.5. The molecule has 27 heavy (non-hydrogen) atoms. The molecule has 0 aromatic heterocycles. The molecule has 0 bridgehead atoms. The number of carbonyl (C=O) groups is 3. The molecular formula is C17H12F3N3O4. The molecule has 3 rings (SSSR count). The van der Waals surface area contributed by atoms with Crippen LogP contribution in [0.3, 0.4) is 0 Å². The molecule has 0 radical (unpaired) electrons. The van der Waals surface area contributed by atoms with Crippen LogP contribution in [0.4, 0.5) is 29.3 Å². The average molecular weight is 379 g/mol. The number of carbonyl (C=O) groups excluding carboxylic acids is 3. The summed E-state index contributed by atoms with van der Waals surface area (Å²) in [6, 6.07) is 10.5. The number of benzene rings is 2. The molecule has 7 nitrogen and oxygen atoms in total. The van der Waals surface area contributed by atoms with Crippen LogP contribution in [0.1, 0.15) is 11.5 Å². The van der Waals surface area contributed by atoms with Gasteiger partial charge in [0.25, 0.3) is 0 Å². The topological polar surface area (TPSA) is 96.5 Å². The number of hydrogen-bond donors (Lipinski definition) is 3. The minimum absolute atomic E-state index is 0.347. The largest absolute Gasteiger partial charge is 0.573 e. The predicted octanol–water partition coefficient (Wildman–Crippen LogP) is 2.78. The number of hydrogen-bond acceptors (Lipinski definition) is 5. The highest BCUT2D eigenvalue weighted by atomic mass is 19.4. The van der Waals surface area contributed by atoms with Gasteiger partial charge in [-0.3, -0.25) is 20.2 Å². The molecule has 1 saturated heterocycles. The normalized spacial score (nSPS) is 15.1. The smallest absolute Gasteiger partial charge is 0.406 e. The summed E-state index contributed by atoms with van der Waals surface area (Å²) >= 11 is 0. The Morgan fingerprint density at radius 1 is 0.889 bits per heavy atom. The van der Waals surface area contributed by atoms with Gasteiger partial charge in [-0.25, -0.2) is 4.79 Å². The van der Waals surface area contributed by atoms with E-state index in [-0.39, 0.29) is 5.75 Å². The van der Waals surface area contributed by atoms with Crippen LogP contribution in [0.2, 0.25) is 0 Å². The fourth-order valence-electron chi connectivity index (χ4n) is 2.52. The summed E-state index contributed by atoms with van der Waals surface area (Å²) in [5, 5.41) is 6.98. The molecule has 1 aliphatic heterocycles. The molecule has 1 aliphatic rings. The molecule has 140 valence electrons. The Labute approximate surface area is 150 Å². The number of amides is 4. The van der Waals surface area contributed by atoms with Crippen molar-refractivity contribution in [2.75, 3.05) is 5.32 Å². The van der Waals surface area contributed by atoms with Crippen molar-refractivity contribution in [2.45, 2.75) is 12.3 Å². The predicted molar refractivity (Wildman–Crippen MR) is 87.3 cm³/mol. The minimum Gasteiger partial charge on any atom is -0.406 e. The molecule has 0 spiro atoms. The first kappa shape index (κ1) is 18.2. The third-order valence-electron chi connectivity index (χ3n) is 3.59. The first-order chi connectivity index (χ1) is 12.7. The Morgan fingerprint density at radius 3 is 2.11 bits per heavy atom. The van der Waals surface area contributed by atoms with E-state index >= 15 is 0 Å². The van der Waals surface area contributed by atoms with Gasteiger partial charge in [-0.05, 0) is 42.0 Å². The van der Waals surface area contributed by atoms with Gasteiger partial charge in [-0.2, -0.15) is 0 Å². The molecule has 1 fully saturated rings. The number of halogens is 3. The summed E-state index contributed by atoms with van der Waals surface area (Å²) in [6.45, 7) is 0. The Morgan fingerprint density at radius 2 is 1.52 bits per heavy atom. The zero-order valence-corrected chi connectivity index (χ0v) is 13.5. The van der Waals surface area contributed by atoms with E-state index in [1.165, 1.54) is 18.2 Å². The van der Waals surface area contributed by atoms with Crippen molar-refractivity contribution in [3.05, 3.63) is 54.1 Å². The molecule has 0 saturated carbocycles. The maximum atomic E-state index is 12.2. The summed E-state index contributed by atoms with van der Waals surface area (Å²) in [4.78, 5) is 35.0. The summed E-state index contributed by atoms with van der Waals surface area (Å²) in [6.07, 6.45) is -4.77. The van der Waals surface area contributed by atoms with Crippen LogP contribution in [-0.2, 0) is 9.59 Å². The number of anilines is 2. The van der Waals surface area contributed by atoms with E-state index in [1.807, 2.05) is 10.6 Å². The molecule has 2 aromatic carbocycles. The molecule has 10 heteroatoms. The number of imide groups is 2. The lowest BCUT2D eigenvalue weighted by atomic mass is 9.95. The number of urea groups is 1. The molecule has 3 N–H and O–H groups in total. The van der Waals surface area contributed by atoms with Gasteiger partial charge in [0.2, 0.25) is 11.8 Å². The van der Waals surface area contributed by atoms with Gasteiger partial charge in [0.05, 0.1) is 0 Å². The van der Waals surface area contributed by atoms with Crippen LogP contribution >= 0.6 is 0 Å². The van der Waals surface area contributed by atoms with E-state index in [2.05, 4.69) is 10.1 Å². The fraction of sp³-hybridized carbons (Fsp3) is 0.118. The molecule has 0 atom stereocenters. The van der Waals surface area contributed by atoms with Crippen LogP contribution in [0, 0.1) is 0 Å². The Balaban J connectivity index is 1.75. The quantitative estimate of drug-likeness (QED) is 0.710. The Hall–Kier alpha value is -3.56. The number of rotatable bonds is 4. The maximum absolute atomic E-state index is 12.2. The van der Waals surface area contributed by atoms with E-state index in [0.29, 0.717) is 16.9 Å². The van der Waals surface area contributed by atoms with Crippen molar-refractivity contribution < 1.29 is 32.3 Å². The van der Waals surface area contributed by atoms with Crippen molar-refractivity contribution >= 4 is 29.2 Å². The molecule has 1 heterocycles. The van der Waals surface area contributed by atoms with Gasteiger partial charge in [0.1, 0.15) is 11.7 Å². The molecule has 0 aliphatic carbocycles. The first-order valence-electron chi connectivity index (χ1n) is 7.60. The summed E-state index contributed by atoms with van der Waals surface area (Å²) in [5.41, 5.74) is 1.31. The summed E-state index contributed by atoms with van der Waals surface area (Å²) in [7, 11) is 0. The zero-order chi connectivity index (χ0) is 19.6. The third-order valence-corrected chi connectivity index (χ3v) is 3.59. The number of ether oxygens (including phenoxy) is 1. The second-order valence-corrected chi connectivity index (χ2v) is 5.56. The first-order valence-corrected chi connectivity index (χ1v) is 7.60. The van der Waals surface area contributed by atoms with Crippen molar-refractivity contribution in [1.29, 1.82) is 0 Å². The van der Waals surface area contributed by atoms with Crippen molar-refractivity contribution in [1.82, 2.24) is 10.6 Å². The highest BCUT2D eigenvalue weighted by Gasteiger charge is 2.35. The maximum Gasteiger partial charge on any atom is 0.573 e. The molecular weight excluding hydrogens is 367 g/mol. The van der Waals surface area contributed by atoms with Crippen molar-refractivity contribution in [3.8, 4) is 5.75 Å². The average Bonchev–Trinajstić information content (AvgIpc) is 2.55.